The van der Waals surface area contributed by atoms with Gasteiger partial charge in [-0.25, -0.2) is 4.79 Å². The molecule has 0 radical (unpaired) electrons. The quantitative estimate of drug-likeness (QED) is 0.660. The molecule has 0 aliphatic rings. The molecule has 1 aromatic carbocycles. The minimum absolute atomic E-state index is 0.166. The third-order valence-corrected chi connectivity index (χ3v) is 3.32. The van der Waals surface area contributed by atoms with Gasteiger partial charge in [0.15, 0.2) is 0 Å². The van der Waals surface area contributed by atoms with Gasteiger partial charge in [0.05, 0.1) is 24.2 Å². The van der Waals surface area contributed by atoms with Gasteiger partial charge in [0.1, 0.15) is 6.61 Å². The van der Waals surface area contributed by atoms with Gasteiger partial charge in [0.25, 0.3) is 0 Å². The number of aliphatic hydroxyl groups is 2. The van der Waals surface area contributed by atoms with Crippen LogP contribution in [0.3, 0.4) is 0 Å². The predicted octanol–water partition coefficient (Wildman–Crippen LogP) is 1.73. The molecule has 0 aliphatic carbocycles. The average Bonchev–Trinajstić information content (AvgIpc) is 2.42. The first kappa shape index (κ1) is 19.1. The van der Waals surface area contributed by atoms with Crippen LogP contribution in [0.5, 0.6) is 0 Å². The van der Waals surface area contributed by atoms with Crippen LogP contribution in [-0.4, -0.2) is 46.1 Å². The topological polar surface area (TPSA) is 104 Å². The molecule has 23 heavy (non-hydrogen) atoms. The van der Waals surface area contributed by atoms with Gasteiger partial charge in [-0.15, -0.1) is 0 Å². The van der Waals surface area contributed by atoms with E-state index in [9.17, 15) is 19.8 Å². The molecule has 0 saturated carbocycles. The molecule has 0 amide bonds. The summed E-state index contributed by atoms with van der Waals surface area (Å²) < 4.78 is 5.08. The van der Waals surface area contributed by atoms with Crippen molar-refractivity contribution in [2.75, 3.05) is 6.61 Å². The molecule has 0 aliphatic heterocycles. The number of aliphatic carboxylic acids is 1. The summed E-state index contributed by atoms with van der Waals surface area (Å²) in [5, 5.41) is 27.7. The Hall–Kier alpha value is -1.92. The van der Waals surface area contributed by atoms with Gasteiger partial charge in [-0.3, -0.25) is 4.79 Å². The number of esters is 1. The smallest absolute Gasteiger partial charge is 0.338 e. The van der Waals surface area contributed by atoms with Crippen LogP contribution in [0.25, 0.3) is 0 Å². The van der Waals surface area contributed by atoms with E-state index in [0.29, 0.717) is 5.56 Å². The molecule has 0 aromatic heterocycles. The van der Waals surface area contributed by atoms with E-state index in [1.807, 2.05) is 32.9 Å². The van der Waals surface area contributed by atoms with E-state index < -0.39 is 30.6 Å². The minimum atomic E-state index is -1.18. The Kier molecular flexibility index (Phi) is 6.72. The van der Waals surface area contributed by atoms with Crippen LogP contribution in [0.15, 0.2) is 24.3 Å². The largest absolute Gasteiger partial charge is 0.481 e. The monoisotopic (exact) mass is 324 g/mol. The summed E-state index contributed by atoms with van der Waals surface area (Å²) >= 11 is 0. The molecular weight excluding hydrogens is 300 g/mol. The molecule has 0 saturated heterocycles. The predicted molar refractivity (Wildman–Crippen MR) is 84.3 cm³/mol. The van der Waals surface area contributed by atoms with Crippen molar-refractivity contribution in [2.45, 2.75) is 51.2 Å². The maximum atomic E-state index is 12.2. The lowest BCUT2D eigenvalue weighted by atomic mass is 9.84. The number of carbonyl (C=O) groups is 2. The standard InChI is InChI=1S/C17H24O6/c1-17(2,3)14-7-5-4-6-13(14)16(22)23-10-12(19)8-11(18)9-15(20)21/h4-7,11-12,18-19H,8-10H2,1-3H3,(H,20,21)/t11-,12+/m1/s1. The number of benzene rings is 1. The van der Waals surface area contributed by atoms with Crippen molar-refractivity contribution in [3.8, 4) is 0 Å². The van der Waals surface area contributed by atoms with Crippen LogP contribution in [-0.2, 0) is 14.9 Å². The lowest BCUT2D eigenvalue weighted by Crippen LogP contribution is -2.26. The number of hydrogen-bond donors (Lipinski definition) is 3. The van der Waals surface area contributed by atoms with Crippen molar-refractivity contribution in [2.24, 2.45) is 0 Å². The van der Waals surface area contributed by atoms with Crippen molar-refractivity contribution in [1.29, 1.82) is 0 Å². The zero-order chi connectivity index (χ0) is 17.6. The van der Waals surface area contributed by atoms with Gasteiger partial charge in [0, 0.05) is 6.42 Å². The molecule has 0 spiro atoms. The molecule has 0 fully saturated rings. The third-order valence-electron chi connectivity index (χ3n) is 3.32. The summed E-state index contributed by atoms with van der Waals surface area (Å²) in [5.41, 5.74) is 1.04. The molecule has 0 unspecified atom stereocenters. The number of carbonyl (C=O) groups excluding carboxylic acids is 1. The highest BCUT2D eigenvalue weighted by Gasteiger charge is 2.23. The van der Waals surface area contributed by atoms with E-state index in [1.54, 1.807) is 12.1 Å². The van der Waals surface area contributed by atoms with E-state index >= 15 is 0 Å². The Morgan fingerprint density at radius 2 is 1.74 bits per heavy atom. The fourth-order valence-corrected chi connectivity index (χ4v) is 2.23. The van der Waals surface area contributed by atoms with Gasteiger partial charge >= 0.3 is 11.9 Å². The maximum Gasteiger partial charge on any atom is 0.338 e. The summed E-state index contributed by atoms with van der Waals surface area (Å²) in [5.74, 6) is -1.71. The SMILES string of the molecule is CC(C)(C)c1ccccc1C(=O)OC[C@@H](O)C[C@@H](O)CC(=O)O. The molecule has 0 bridgehead atoms. The number of carboxylic acids is 1. The first-order valence-electron chi connectivity index (χ1n) is 7.45. The van der Waals surface area contributed by atoms with Crippen LogP contribution in [0.2, 0.25) is 0 Å². The zero-order valence-corrected chi connectivity index (χ0v) is 13.7. The Morgan fingerprint density at radius 3 is 2.30 bits per heavy atom. The first-order valence-corrected chi connectivity index (χ1v) is 7.45. The van der Waals surface area contributed by atoms with Crippen LogP contribution < -0.4 is 0 Å². The zero-order valence-electron chi connectivity index (χ0n) is 13.7. The van der Waals surface area contributed by atoms with E-state index in [-0.39, 0.29) is 18.4 Å². The summed E-state index contributed by atoms with van der Waals surface area (Å²) in [6, 6.07) is 7.09. The third kappa shape index (κ3) is 6.38. The van der Waals surface area contributed by atoms with Crippen LogP contribution in [0.4, 0.5) is 0 Å². The fourth-order valence-electron chi connectivity index (χ4n) is 2.23. The second-order valence-corrected chi connectivity index (χ2v) is 6.54. The molecular formula is C17H24O6. The van der Waals surface area contributed by atoms with Crippen LogP contribution >= 0.6 is 0 Å². The Bertz CT molecular complexity index is 546. The van der Waals surface area contributed by atoms with E-state index in [4.69, 9.17) is 9.84 Å². The molecule has 1 aromatic rings. The molecule has 3 N–H and O–H groups in total. The summed E-state index contributed by atoms with van der Waals surface area (Å²) in [4.78, 5) is 22.6. The van der Waals surface area contributed by atoms with Gasteiger partial charge in [-0.2, -0.15) is 0 Å². The van der Waals surface area contributed by atoms with Crippen LogP contribution in [0, 0.1) is 0 Å². The Labute approximate surface area is 135 Å². The van der Waals surface area contributed by atoms with Crippen molar-refractivity contribution in [1.82, 2.24) is 0 Å². The number of ether oxygens (including phenoxy) is 1. The maximum absolute atomic E-state index is 12.2. The van der Waals surface area contributed by atoms with Crippen molar-refractivity contribution in [3.63, 3.8) is 0 Å². The Morgan fingerprint density at radius 1 is 1.13 bits per heavy atom. The number of carboxylic acid groups (broad SMARTS) is 1. The molecule has 128 valence electrons. The van der Waals surface area contributed by atoms with E-state index in [2.05, 4.69) is 0 Å². The summed E-state index contributed by atoms with van der Waals surface area (Å²) in [6.07, 6.45) is -2.92. The van der Waals surface area contributed by atoms with Crippen molar-refractivity contribution in [3.05, 3.63) is 35.4 Å². The van der Waals surface area contributed by atoms with Crippen molar-refractivity contribution < 1.29 is 29.6 Å². The summed E-state index contributed by atoms with van der Waals surface area (Å²) in [6.45, 7) is 5.65. The Balaban J connectivity index is 2.63. The lowest BCUT2D eigenvalue weighted by Gasteiger charge is -2.22. The number of hydrogen-bond acceptors (Lipinski definition) is 5. The van der Waals surface area contributed by atoms with Crippen LogP contribution in [0.1, 0.15) is 49.5 Å². The second kappa shape index (κ2) is 8.08. The highest BCUT2D eigenvalue weighted by molar-refractivity contribution is 5.91. The number of aliphatic hydroxyl groups excluding tert-OH is 2. The molecule has 0 heterocycles. The van der Waals surface area contributed by atoms with Gasteiger partial charge in [-0.05, 0) is 17.0 Å². The van der Waals surface area contributed by atoms with Gasteiger partial charge in [0.2, 0.25) is 0 Å². The second-order valence-electron chi connectivity index (χ2n) is 6.54. The number of rotatable bonds is 7. The molecule has 2 atom stereocenters. The first-order chi connectivity index (χ1) is 10.6. The highest BCUT2D eigenvalue weighted by atomic mass is 16.5. The lowest BCUT2D eigenvalue weighted by molar-refractivity contribution is -0.139. The van der Waals surface area contributed by atoms with Crippen molar-refractivity contribution >= 4 is 11.9 Å². The van der Waals surface area contributed by atoms with Gasteiger partial charge in [-0.1, -0.05) is 39.0 Å². The minimum Gasteiger partial charge on any atom is -0.481 e. The molecule has 6 nitrogen and oxygen atoms in total. The van der Waals surface area contributed by atoms with E-state index in [1.165, 1.54) is 0 Å². The average molecular weight is 324 g/mol. The normalized spacial score (nSPS) is 14.1. The molecule has 1 rings (SSSR count). The fraction of sp³-hybridized carbons (Fsp3) is 0.529. The van der Waals surface area contributed by atoms with Gasteiger partial charge < -0.3 is 20.1 Å². The highest BCUT2D eigenvalue weighted by Crippen LogP contribution is 2.26. The van der Waals surface area contributed by atoms with E-state index in [0.717, 1.165) is 5.56 Å². The molecule has 6 heteroatoms. The summed E-state index contributed by atoms with van der Waals surface area (Å²) in [7, 11) is 0.